The molecule has 1 aliphatic rings. The number of carbonyl (C=O) groups is 2. The molecule has 0 unspecified atom stereocenters. The lowest BCUT2D eigenvalue weighted by Crippen LogP contribution is -2.27. The molecule has 2 aromatic carbocycles. The highest BCUT2D eigenvalue weighted by molar-refractivity contribution is 5.94. The zero-order chi connectivity index (χ0) is 19.9. The first-order valence-corrected chi connectivity index (χ1v) is 9.35. The Labute approximate surface area is 165 Å². The van der Waals surface area contributed by atoms with Gasteiger partial charge in [-0.3, -0.25) is 9.59 Å². The molecule has 1 amide bonds. The van der Waals surface area contributed by atoms with Crippen LogP contribution in [0.5, 0.6) is 11.5 Å². The van der Waals surface area contributed by atoms with Crippen molar-refractivity contribution in [1.29, 1.82) is 0 Å². The number of carbonyl (C=O) groups excluding carboxylic acids is 2. The Morgan fingerprint density at radius 2 is 1.54 bits per heavy atom. The minimum atomic E-state index is -0.329. The summed E-state index contributed by atoms with van der Waals surface area (Å²) in [6, 6.07) is 12.6. The van der Waals surface area contributed by atoms with E-state index in [1.165, 1.54) is 0 Å². The van der Waals surface area contributed by atoms with Crippen molar-refractivity contribution in [1.82, 2.24) is 4.90 Å². The molecule has 1 heterocycles. The van der Waals surface area contributed by atoms with Gasteiger partial charge in [-0.1, -0.05) is 18.2 Å². The zero-order valence-corrected chi connectivity index (χ0v) is 16.3. The number of nitrogens with zero attached hydrogens (tertiary/aromatic N) is 1. The van der Waals surface area contributed by atoms with Crippen LogP contribution < -0.4 is 9.47 Å². The van der Waals surface area contributed by atoms with Crippen molar-refractivity contribution < 1.29 is 23.8 Å². The van der Waals surface area contributed by atoms with Crippen LogP contribution in [0.3, 0.4) is 0 Å². The lowest BCUT2D eigenvalue weighted by Gasteiger charge is -2.15. The van der Waals surface area contributed by atoms with Gasteiger partial charge in [0.1, 0.15) is 6.61 Å². The summed E-state index contributed by atoms with van der Waals surface area (Å²) in [7, 11) is 3.12. The van der Waals surface area contributed by atoms with Gasteiger partial charge >= 0.3 is 5.97 Å². The van der Waals surface area contributed by atoms with Crippen molar-refractivity contribution in [2.24, 2.45) is 0 Å². The van der Waals surface area contributed by atoms with Gasteiger partial charge in [-0.25, -0.2) is 0 Å². The van der Waals surface area contributed by atoms with Crippen molar-refractivity contribution in [3.8, 4) is 11.5 Å². The van der Waals surface area contributed by atoms with E-state index in [0.29, 0.717) is 17.1 Å². The molecular weight excluding hydrogens is 358 g/mol. The molecule has 0 spiro atoms. The highest BCUT2D eigenvalue weighted by Crippen LogP contribution is 2.27. The second-order valence-electron chi connectivity index (χ2n) is 6.72. The van der Waals surface area contributed by atoms with Crippen LogP contribution in [0.1, 0.15) is 34.3 Å². The molecule has 2 aromatic rings. The Morgan fingerprint density at radius 3 is 2.18 bits per heavy atom. The predicted octanol–water partition coefficient (Wildman–Crippen LogP) is 3.23. The fraction of sp³-hybridized carbons (Fsp3) is 0.364. The standard InChI is InChI=1S/C22H25NO5/c1-26-19-10-7-17(13-20(19)27-2)14-21(24)28-15-16-5-8-18(9-6-16)22(25)23-11-3-4-12-23/h5-10,13H,3-4,11-12,14-15H2,1-2H3. The molecule has 1 saturated heterocycles. The van der Waals surface area contributed by atoms with E-state index in [0.717, 1.165) is 37.1 Å². The largest absolute Gasteiger partial charge is 0.493 e. The van der Waals surface area contributed by atoms with Crippen molar-refractivity contribution in [2.45, 2.75) is 25.9 Å². The van der Waals surface area contributed by atoms with E-state index in [-0.39, 0.29) is 24.9 Å². The maximum absolute atomic E-state index is 12.3. The minimum absolute atomic E-state index is 0.0643. The molecule has 6 heteroatoms. The van der Waals surface area contributed by atoms with Crippen LogP contribution in [0.15, 0.2) is 42.5 Å². The first-order valence-electron chi connectivity index (χ1n) is 9.35. The number of methoxy groups -OCH3 is 2. The summed E-state index contributed by atoms with van der Waals surface area (Å²) in [5.41, 5.74) is 2.30. The summed E-state index contributed by atoms with van der Waals surface area (Å²) in [5.74, 6) is 0.924. The number of hydrogen-bond donors (Lipinski definition) is 0. The highest BCUT2D eigenvalue weighted by atomic mass is 16.5. The summed E-state index contributed by atoms with van der Waals surface area (Å²) in [6.07, 6.45) is 2.28. The van der Waals surface area contributed by atoms with Crippen LogP contribution >= 0.6 is 0 Å². The smallest absolute Gasteiger partial charge is 0.310 e. The summed E-state index contributed by atoms with van der Waals surface area (Å²) in [4.78, 5) is 26.4. The molecule has 1 fully saturated rings. The molecule has 0 saturated carbocycles. The van der Waals surface area contributed by atoms with E-state index < -0.39 is 0 Å². The predicted molar refractivity (Wildman–Crippen MR) is 105 cm³/mol. The third kappa shape index (κ3) is 4.82. The second-order valence-corrected chi connectivity index (χ2v) is 6.72. The molecular formula is C22H25NO5. The van der Waals surface area contributed by atoms with Gasteiger partial charge < -0.3 is 19.1 Å². The summed E-state index contributed by atoms with van der Waals surface area (Å²) >= 11 is 0. The summed E-state index contributed by atoms with van der Waals surface area (Å²) in [5, 5.41) is 0. The molecule has 1 aliphatic heterocycles. The lowest BCUT2D eigenvalue weighted by molar-refractivity contribution is -0.144. The topological polar surface area (TPSA) is 65.1 Å². The highest BCUT2D eigenvalue weighted by Gasteiger charge is 2.19. The molecule has 0 radical (unpaired) electrons. The van der Waals surface area contributed by atoms with Crippen molar-refractivity contribution in [2.75, 3.05) is 27.3 Å². The van der Waals surface area contributed by atoms with E-state index in [4.69, 9.17) is 14.2 Å². The number of rotatable bonds is 7. The fourth-order valence-electron chi connectivity index (χ4n) is 3.22. The Bertz CT molecular complexity index is 825. The van der Waals surface area contributed by atoms with Gasteiger partial charge in [0.15, 0.2) is 11.5 Å². The van der Waals surface area contributed by atoms with E-state index in [1.54, 1.807) is 44.6 Å². The fourth-order valence-corrected chi connectivity index (χ4v) is 3.22. The second kappa shape index (κ2) is 9.26. The van der Waals surface area contributed by atoms with E-state index in [1.807, 2.05) is 17.0 Å². The minimum Gasteiger partial charge on any atom is -0.493 e. The number of likely N-dealkylation sites (tertiary alicyclic amines) is 1. The van der Waals surface area contributed by atoms with Crippen molar-refractivity contribution in [3.05, 3.63) is 59.2 Å². The Balaban J connectivity index is 1.52. The first-order chi connectivity index (χ1) is 13.6. The lowest BCUT2D eigenvalue weighted by atomic mass is 10.1. The van der Waals surface area contributed by atoms with Crippen LogP contribution in [0.25, 0.3) is 0 Å². The van der Waals surface area contributed by atoms with Crippen molar-refractivity contribution in [3.63, 3.8) is 0 Å². The van der Waals surface area contributed by atoms with E-state index in [9.17, 15) is 9.59 Å². The molecule has 0 aromatic heterocycles. The zero-order valence-electron chi connectivity index (χ0n) is 16.3. The van der Waals surface area contributed by atoms with Gasteiger partial charge in [0, 0.05) is 18.7 Å². The Kier molecular flexibility index (Phi) is 6.53. The number of ether oxygens (including phenoxy) is 3. The van der Waals surface area contributed by atoms with Gasteiger partial charge in [0.2, 0.25) is 0 Å². The molecule has 3 rings (SSSR count). The van der Waals surface area contributed by atoms with Gasteiger partial charge in [-0.05, 0) is 48.2 Å². The normalized spacial score (nSPS) is 13.3. The first kappa shape index (κ1) is 19.7. The molecule has 0 atom stereocenters. The number of hydrogen-bond acceptors (Lipinski definition) is 5. The summed E-state index contributed by atoms with van der Waals surface area (Å²) < 4.78 is 15.8. The SMILES string of the molecule is COc1ccc(CC(=O)OCc2ccc(C(=O)N3CCCC3)cc2)cc1OC. The van der Waals surface area contributed by atoms with Gasteiger partial charge in [-0.2, -0.15) is 0 Å². The average Bonchev–Trinajstić information content (AvgIpc) is 3.27. The molecule has 0 aliphatic carbocycles. The molecule has 28 heavy (non-hydrogen) atoms. The average molecular weight is 383 g/mol. The van der Waals surface area contributed by atoms with Gasteiger partial charge in [0.25, 0.3) is 5.91 Å². The monoisotopic (exact) mass is 383 g/mol. The summed E-state index contributed by atoms with van der Waals surface area (Å²) in [6.45, 7) is 1.83. The molecule has 148 valence electrons. The quantitative estimate of drug-likeness (QED) is 0.687. The molecule has 6 nitrogen and oxygen atoms in total. The maximum atomic E-state index is 12.3. The van der Waals surface area contributed by atoms with E-state index >= 15 is 0 Å². The Hall–Kier alpha value is -3.02. The van der Waals surface area contributed by atoms with E-state index in [2.05, 4.69) is 0 Å². The number of benzene rings is 2. The number of amides is 1. The van der Waals surface area contributed by atoms with Gasteiger partial charge in [0.05, 0.1) is 20.6 Å². The van der Waals surface area contributed by atoms with Gasteiger partial charge in [-0.15, -0.1) is 0 Å². The maximum Gasteiger partial charge on any atom is 0.310 e. The van der Waals surface area contributed by atoms with Crippen LogP contribution in [0.4, 0.5) is 0 Å². The molecule has 0 bridgehead atoms. The van der Waals surface area contributed by atoms with Crippen LogP contribution in [0.2, 0.25) is 0 Å². The van der Waals surface area contributed by atoms with Crippen molar-refractivity contribution >= 4 is 11.9 Å². The van der Waals surface area contributed by atoms with Crippen LogP contribution in [0, 0.1) is 0 Å². The van der Waals surface area contributed by atoms with Crippen LogP contribution in [-0.4, -0.2) is 44.1 Å². The third-order valence-electron chi connectivity index (χ3n) is 4.79. The van der Waals surface area contributed by atoms with Crippen LogP contribution in [-0.2, 0) is 22.6 Å². The number of esters is 1. The molecule has 0 N–H and O–H groups in total. The Morgan fingerprint density at radius 1 is 0.893 bits per heavy atom. The third-order valence-corrected chi connectivity index (χ3v) is 4.79.